The van der Waals surface area contributed by atoms with E-state index in [1.165, 1.54) is 7.11 Å². The second kappa shape index (κ2) is 6.23. The predicted octanol–water partition coefficient (Wildman–Crippen LogP) is 1.07. The molecule has 19 heavy (non-hydrogen) atoms. The zero-order chi connectivity index (χ0) is 14.6. The maximum absolute atomic E-state index is 11.5. The molecule has 1 aliphatic carbocycles. The molecule has 0 bridgehead atoms. The number of esters is 1. The number of rotatable bonds is 3. The van der Waals surface area contributed by atoms with Crippen molar-refractivity contribution in [1.82, 2.24) is 5.32 Å². The Labute approximate surface area is 113 Å². The fourth-order valence-electron chi connectivity index (χ4n) is 2.21. The lowest BCUT2D eigenvalue weighted by atomic mass is 10.0. The van der Waals surface area contributed by atoms with Crippen LogP contribution < -0.4 is 5.32 Å². The van der Waals surface area contributed by atoms with Gasteiger partial charge in [-0.3, -0.25) is 4.79 Å². The van der Waals surface area contributed by atoms with Gasteiger partial charge in [0.2, 0.25) is 0 Å². The van der Waals surface area contributed by atoms with Crippen molar-refractivity contribution in [3.63, 3.8) is 0 Å². The second-order valence-corrected chi connectivity index (χ2v) is 5.90. The Morgan fingerprint density at radius 2 is 1.95 bits per heavy atom. The molecular weight excluding hydrogens is 250 g/mol. The van der Waals surface area contributed by atoms with Crippen LogP contribution in [0.15, 0.2) is 0 Å². The zero-order valence-electron chi connectivity index (χ0n) is 11.9. The van der Waals surface area contributed by atoms with Crippen molar-refractivity contribution in [1.29, 1.82) is 0 Å². The number of aliphatic hydroxyl groups is 1. The summed E-state index contributed by atoms with van der Waals surface area (Å²) in [6, 6.07) is 0. The van der Waals surface area contributed by atoms with Gasteiger partial charge < -0.3 is 19.9 Å². The van der Waals surface area contributed by atoms with E-state index in [0.29, 0.717) is 19.4 Å². The maximum Gasteiger partial charge on any atom is 0.407 e. The molecule has 6 nitrogen and oxygen atoms in total. The molecule has 1 rings (SSSR count). The minimum Gasteiger partial charge on any atom is -0.469 e. The number of amides is 1. The van der Waals surface area contributed by atoms with Crippen LogP contribution in [0.4, 0.5) is 4.79 Å². The summed E-state index contributed by atoms with van der Waals surface area (Å²) in [5.41, 5.74) is -0.549. The van der Waals surface area contributed by atoms with Gasteiger partial charge >= 0.3 is 12.1 Å². The third kappa shape index (κ3) is 5.06. The summed E-state index contributed by atoms with van der Waals surface area (Å²) in [6.07, 6.45) is -0.211. The first-order chi connectivity index (χ1) is 8.73. The van der Waals surface area contributed by atoms with Crippen LogP contribution in [0.25, 0.3) is 0 Å². The molecule has 1 amide bonds. The molecule has 6 heteroatoms. The first kappa shape index (κ1) is 15.8. The first-order valence-corrected chi connectivity index (χ1v) is 6.45. The maximum atomic E-state index is 11.5. The third-order valence-electron chi connectivity index (χ3n) is 3.10. The van der Waals surface area contributed by atoms with Crippen LogP contribution in [-0.2, 0) is 14.3 Å². The van der Waals surface area contributed by atoms with E-state index in [-0.39, 0.29) is 17.8 Å². The molecule has 0 radical (unpaired) electrons. The van der Waals surface area contributed by atoms with Gasteiger partial charge in [-0.1, -0.05) is 0 Å². The fourth-order valence-corrected chi connectivity index (χ4v) is 2.21. The van der Waals surface area contributed by atoms with Gasteiger partial charge in [0, 0.05) is 12.5 Å². The molecule has 0 aromatic heterocycles. The predicted molar refractivity (Wildman–Crippen MR) is 68.5 cm³/mol. The number of methoxy groups -OCH3 is 1. The monoisotopic (exact) mass is 273 g/mol. The lowest BCUT2D eigenvalue weighted by molar-refractivity contribution is -0.145. The fraction of sp³-hybridized carbons (Fsp3) is 0.846. The van der Waals surface area contributed by atoms with Crippen LogP contribution in [0, 0.1) is 11.8 Å². The highest BCUT2D eigenvalue weighted by atomic mass is 16.6. The molecule has 0 aliphatic heterocycles. The quantitative estimate of drug-likeness (QED) is 0.751. The highest BCUT2D eigenvalue weighted by molar-refractivity contribution is 5.72. The molecule has 2 N–H and O–H groups in total. The number of hydrogen-bond acceptors (Lipinski definition) is 5. The smallest absolute Gasteiger partial charge is 0.407 e. The van der Waals surface area contributed by atoms with Gasteiger partial charge in [0.25, 0.3) is 0 Å². The summed E-state index contributed by atoms with van der Waals surface area (Å²) < 4.78 is 9.77. The average molecular weight is 273 g/mol. The van der Waals surface area contributed by atoms with Gasteiger partial charge in [0.1, 0.15) is 5.60 Å². The molecule has 1 saturated carbocycles. The molecule has 3 atom stereocenters. The number of hydrogen-bond donors (Lipinski definition) is 2. The minimum atomic E-state index is -0.598. The standard InChI is InChI=1S/C13H23NO5/c1-13(2,3)19-12(17)14-7-9-5-8(6-10(9)15)11(16)18-4/h8-10,15H,5-7H2,1-4H3,(H,14,17)/t8-,9+,10+/m0/s1. The van der Waals surface area contributed by atoms with Crippen molar-refractivity contribution in [2.45, 2.75) is 45.3 Å². The lowest BCUT2D eigenvalue weighted by Crippen LogP contribution is -2.36. The normalized spacial score (nSPS) is 26.9. The van der Waals surface area contributed by atoms with Crippen molar-refractivity contribution in [3.05, 3.63) is 0 Å². The van der Waals surface area contributed by atoms with Gasteiger partial charge in [-0.05, 0) is 33.6 Å². The van der Waals surface area contributed by atoms with E-state index >= 15 is 0 Å². The molecule has 0 heterocycles. The Morgan fingerprint density at radius 3 is 2.47 bits per heavy atom. The molecule has 1 aliphatic rings. The van der Waals surface area contributed by atoms with Crippen molar-refractivity contribution >= 4 is 12.1 Å². The molecule has 110 valence electrons. The van der Waals surface area contributed by atoms with Crippen molar-refractivity contribution in [2.24, 2.45) is 11.8 Å². The van der Waals surface area contributed by atoms with Crippen LogP contribution >= 0.6 is 0 Å². The third-order valence-corrected chi connectivity index (χ3v) is 3.10. The van der Waals surface area contributed by atoms with Crippen molar-refractivity contribution in [3.8, 4) is 0 Å². The van der Waals surface area contributed by atoms with E-state index in [1.807, 2.05) is 0 Å². The van der Waals surface area contributed by atoms with E-state index < -0.39 is 17.8 Å². The summed E-state index contributed by atoms with van der Waals surface area (Å²) in [4.78, 5) is 22.9. The van der Waals surface area contributed by atoms with Crippen LogP contribution in [-0.4, -0.2) is 42.5 Å². The van der Waals surface area contributed by atoms with Gasteiger partial charge in [0.15, 0.2) is 0 Å². The second-order valence-electron chi connectivity index (χ2n) is 5.90. The van der Waals surface area contributed by atoms with E-state index in [0.717, 1.165) is 0 Å². The van der Waals surface area contributed by atoms with Gasteiger partial charge in [-0.25, -0.2) is 4.79 Å². The molecule has 0 unspecified atom stereocenters. The molecule has 1 fully saturated rings. The summed E-state index contributed by atoms with van der Waals surface area (Å²) in [5.74, 6) is -0.735. The van der Waals surface area contributed by atoms with Crippen molar-refractivity contribution in [2.75, 3.05) is 13.7 Å². The van der Waals surface area contributed by atoms with Crippen LogP contribution in [0.1, 0.15) is 33.6 Å². The van der Waals surface area contributed by atoms with Gasteiger partial charge in [0.05, 0.1) is 19.1 Å². The topological polar surface area (TPSA) is 84.9 Å². The first-order valence-electron chi connectivity index (χ1n) is 6.45. The largest absolute Gasteiger partial charge is 0.469 e. The van der Waals surface area contributed by atoms with Crippen LogP contribution in [0.5, 0.6) is 0 Å². The summed E-state index contributed by atoms with van der Waals surface area (Å²) >= 11 is 0. The summed E-state index contributed by atoms with van der Waals surface area (Å²) in [7, 11) is 1.33. The SMILES string of the molecule is COC(=O)[C@H]1C[C@H](CNC(=O)OC(C)(C)C)[C@H](O)C1. The number of carbonyl (C=O) groups excluding carboxylic acids is 2. The summed E-state index contributed by atoms with van der Waals surface area (Å²) in [6.45, 7) is 5.64. The van der Waals surface area contributed by atoms with Gasteiger partial charge in [-0.2, -0.15) is 0 Å². The number of nitrogens with one attached hydrogen (secondary N) is 1. The van der Waals surface area contributed by atoms with Crippen molar-refractivity contribution < 1.29 is 24.2 Å². The molecule has 0 saturated heterocycles. The highest BCUT2D eigenvalue weighted by Crippen LogP contribution is 2.31. The lowest BCUT2D eigenvalue weighted by Gasteiger charge is -2.21. The Balaban J connectivity index is 2.38. The zero-order valence-corrected chi connectivity index (χ0v) is 11.9. The van der Waals surface area contributed by atoms with E-state index in [9.17, 15) is 14.7 Å². The minimum absolute atomic E-state index is 0.142. The molecule has 0 aromatic rings. The number of aliphatic hydroxyl groups excluding tert-OH is 1. The van der Waals surface area contributed by atoms with E-state index in [2.05, 4.69) is 10.1 Å². The number of ether oxygens (including phenoxy) is 2. The molecule has 0 spiro atoms. The van der Waals surface area contributed by atoms with E-state index in [1.54, 1.807) is 20.8 Å². The van der Waals surface area contributed by atoms with E-state index in [4.69, 9.17) is 4.74 Å². The molecular formula is C13H23NO5. The Kier molecular flexibility index (Phi) is 5.17. The van der Waals surface area contributed by atoms with Gasteiger partial charge in [-0.15, -0.1) is 0 Å². The number of alkyl carbamates (subject to hydrolysis) is 1. The average Bonchev–Trinajstić information content (AvgIpc) is 2.65. The Bertz CT molecular complexity index is 336. The van der Waals surface area contributed by atoms with Crippen LogP contribution in [0.2, 0.25) is 0 Å². The molecule has 0 aromatic carbocycles. The summed E-state index contributed by atoms with van der Waals surface area (Å²) in [5, 5.41) is 12.5. The Morgan fingerprint density at radius 1 is 1.32 bits per heavy atom. The van der Waals surface area contributed by atoms with Crippen LogP contribution in [0.3, 0.4) is 0 Å². The number of carbonyl (C=O) groups is 2. The highest BCUT2D eigenvalue weighted by Gasteiger charge is 2.37. The Hall–Kier alpha value is -1.30.